The zero-order valence-corrected chi connectivity index (χ0v) is 19.1. The number of piperazine rings is 1. The number of nitrogens with one attached hydrogen (secondary N) is 2. The van der Waals surface area contributed by atoms with Crippen LogP contribution in [0, 0.1) is 0 Å². The third kappa shape index (κ3) is 5.15. The molecular weight excluding hydrogens is 424 g/mol. The van der Waals surface area contributed by atoms with Crippen molar-refractivity contribution in [3.8, 4) is 5.75 Å². The molecule has 0 saturated carbocycles. The van der Waals surface area contributed by atoms with Gasteiger partial charge in [0, 0.05) is 43.2 Å². The van der Waals surface area contributed by atoms with Crippen LogP contribution in [0.1, 0.15) is 0 Å². The molecule has 0 aliphatic carbocycles. The molecule has 4 rings (SSSR count). The second kappa shape index (κ2) is 9.50. The highest BCUT2D eigenvalue weighted by molar-refractivity contribution is 7.92. The van der Waals surface area contributed by atoms with E-state index < -0.39 is 10.0 Å². The van der Waals surface area contributed by atoms with Crippen molar-refractivity contribution in [2.75, 3.05) is 55.3 Å². The van der Waals surface area contributed by atoms with Crippen molar-refractivity contribution >= 4 is 32.8 Å². The summed E-state index contributed by atoms with van der Waals surface area (Å²) in [5.74, 6) is 0.671. The molecule has 8 heteroatoms. The Bertz CT molecular complexity index is 1140. The van der Waals surface area contributed by atoms with Gasteiger partial charge in [0.05, 0.1) is 17.7 Å². The maximum absolute atomic E-state index is 13.1. The van der Waals surface area contributed by atoms with Crippen molar-refractivity contribution in [3.05, 3.63) is 72.8 Å². The molecule has 0 bridgehead atoms. The van der Waals surface area contributed by atoms with E-state index in [1.807, 2.05) is 42.5 Å². The van der Waals surface area contributed by atoms with Gasteiger partial charge in [0.15, 0.2) is 0 Å². The first-order chi connectivity index (χ1) is 15.4. The summed E-state index contributed by atoms with van der Waals surface area (Å²) in [6, 6.07) is 22.0. The van der Waals surface area contributed by atoms with Crippen molar-refractivity contribution in [3.63, 3.8) is 0 Å². The summed E-state index contributed by atoms with van der Waals surface area (Å²) < 4.78 is 34.3. The van der Waals surface area contributed by atoms with Crippen LogP contribution in [0.15, 0.2) is 77.7 Å². The number of para-hydroxylation sites is 1. The molecule has 0 unspecified atom stereocenters. The molecular formula is C24H28N4O3S. The van der Waals surface area contributed by atoms with Gasteiger partial charge in [-0.05, 0) is 61.6 Å². The van der Waals surface area contributed by atoms with Gasteiger partial charge in [0.1, 0.15) is 5.75 Å². The summed E-state index contributed by atoms with van der Waals surface area (Å²) in [7, 11) is -0.0581. The lowest BCUT2D eigenvalue weighted by Crippen LogP contribution is -2.44. The van der Waals surface area contributed by atoms with Crippen LogP contribution in [0.5, 0.6) is 5.75 Å². The number of hydrogen-bond donors (Lipinski definition) is 2. The minimum atomic E-state index is -3.75. The maximum atomic E-state index is 13.1. The quantitative estimate of drug-likeness (QED) is 0.565. The van der Waals surface area contributed by atoms with E-state index in [0.29, 0.717) is 11.4 Å². The van der Waals surface area contributed by atoms with Crippen molar-refractivity contribution in [2.24, 2.45) is 0 Å². The first kappa shape index (κ1) is 22.0. The molecule has 0 radical (unpaired) electrons. The monoisotopic (exact) mass is 452 g/mol. The van der Waals surface area contributed by atoms with Crippen LogP contribution in [0.25, 0.3) is 0 Å². The van der Waals surface area contributed by atoms with Gasteiger partial charge in [-0.1, -0.05) is 18.2 Å². The van der Waals surface area contributed by atoms with Gasteiger partial charge in [-0.2, -0.15) is 0 Å². The minimum Gasteiger partial charge on any atom is -0.495 e. The van der Waals surface area contributed by atoms with Gasteiger partial charge in [-0.25, -0.2) is 8.42 Å². The lowest BCUT2D eigenvalue weighted by Gasteiger charge is -2.34. The van der Waals surface area contributed by atoms with Crippen molar-refractivity contribution < 1.29 is 13.2 Å². The molecule has 32 heavy (non-hydrogen) atoms. The van der Waals surface area contributed by atoms with E-state index in [9.17, 15) is 8.42 Å². The lowest BCUT2D eigenvalue weighted by atomic mass is 10.2. The highest BCUT2D eigenvalue weighted by atomic mass is 32.2. The Balaban J connectivity index is 1.51. The minimum absolute atomic E-state index is 0.207. The van der Waals surface area contributed by atoms with Crippen LogP contribution in [-0.4, -0.2) is 53.7 Å². The van der Waals surface area contributed by atoms with Crippen molar-refractivity contribution in [1.29, 1.82) is 0 Å². The molecule has 3 aromatic rings. The van der Waals surface area contributed by atoms with Gasteiger partial charge in [-0.15, -0.1) is 0 Å². The number of sulfonamides is 1. The summed E-state index contributed by atoms with van der Waals surface area (Å²) in [4.78, 5) is 4.63. The average Bonchev–Trinajstić information content (AvgIpc) is 2.81. The molecule has 0 spiro atoms. The van der Waals surface area contributed by atoms with E-state index in [1.54, 1.807) is 37.4 Å². The Labute approximate surface area is 189 Å². The molecule has 2 N–H and O–H groups in total. The first-order valence-electron chi connectivity index (χ1n) is 10.5. The summed E-state index contributed by atoms with van der Waals surface area (Å²) in [5, 5.41) is 3.29. The highest BCUT2D eigenvalue weighted by Crippen LogP contribution is 2.32. The summed E-state index contributed by atoms with van der Waals surface area (Å²) in [5.41, 5.74) is 3.14. The summed E-state index contributed by atoms with van der Waals surface area (Å²) in [6.45, 7) is 3.48. The fourth-order valence-electron chi connectivity index (χ4n) is 3.66. The van der Waals surface area contributed by atoms with Crippen LogP contribution >= 0.6 is 0 Å². The number of nitrogens with zero attached hydrogens (tertiary/aromatic N) is 2. The van der Waals surface area contributed by atoms with Crippen LogP contribution in [0.3, 0.4) is 0 Å². The molecule has 1 fully saturated rings. The second-order valence-electron chi connectivity index (χ2n) is 7.80. The third-order valence-corrected chi connectivity index (χ3v) is 6.88. The SMILES string of the molecule is COc1ccc(S(=O)(=O)Nc2ccc(Nc3ccccc3)cc2)cc1N1CCN(C)CC1. The van der Waals surface area contributed by atoms with Gasteiger partial charge < -0.3 is 19.9 Å². The smallest absolute Gasteiger partial charge is 0.261 e. The maximum Gasteiger partial charge on any atom is 0.261 e. The standard InChI is InChI=1S/C24H28N4O3S/c1-27-14-16-28(17-15-27)23-18-22(12-13-24(23)31-2)32(29,30)26-21-10-8-20(9-11-21)25-19-6-4-3-5-7-19/h3-13,18,25-26H,14-17H2,1-2H3. The number of benzene rings is 3. The number of ether oxygens (including phenoxy) is 1. The highest BCUT2D eigenvalue weighted by Gasteiger charge is 2.22. The van der Waals surface area contributed by atoms with E-state index in [4.69, 9.17) is 4.74 Å². The lowest BCUT2D eigenvalue weighted by molar-refractivity contribution is 0.311. The number of methoxy groups -OCH3 is 1. The predicted octanol–water partition coefficient (Wildman–Crippen LogP) is 3.99. The normalized spacial score (nSPS) is 14.8. The van der Waals surface area contributed by atoms with E-state index in [0.717, 1.165) is 43.2 Å². The Kier molecular flexibility index (Phi) is 6.53. The number of rotatable bonds is 7. The fourth-order valence-corrected chi connectivity index (χ4v) is 4.73. The molecule has 3 aromatic carbocycles. The number of likely N-dealkylation sites (N-methyl/N-ethyl adjacent to an activating group) is 1. The van der Waals surface area contributed by atoms with Crippen molar-refractivity contribution in [2.45, 2.75) is 4.90 Å². The van der Waals surface area contributed by atoms with Crippen molar-refractivity contribution in [1.82, 2.24) is 4.90 Å². The molecule has 1 aliphatic rings. The van der Waals surface area contributed by atoms with E-state index >= 15 is 0 Å². The molecule has 1 aliphatic heterocycles. The molecule has 7 nitrogen and oxygen atoms in total. The van der Waals surface area contributed by atoms with Gasteiger partial charge in [0.2, 0.25) is 0 Å². The van der Waals surface area contributed by atoms with E-state index in [1.165, 1.54) is 0 Å². The average molecular weight is 453 g/mol. The molecule has 0 aromatic heterocycles. The van der Waals surface area contributed by atoms with Crippen LogP contribution in [0.2, 0.25) is 0 Å². The third-order valence-electron chi connectivity index (χ3n) is 5.50. The Morgan fingerprint density at radius 3 is 2.09 bits per heavy atom. The van der Waals surface area contributed by atoms with Gasteiger partial charge in [-0.3, -0.25) is 4.72 Å². The number of hydrogen-bond acceptors (Lipinski definition) is 6. The van der Waals surface area contributed by atoms with Crippen LogP contribution < -0.4 is 19.7 Å². The van der Waals surface area contributed by atoms with E-state index in [2.05, 4.69) is 26.9 Å². The predicted molar refractivity (Wildman–Crippen MR) is 130 cm³/mol. The topological polar surface area (TPSA) is 73.9 Å². The fraction of sp³-hybridized carbons (Fsp3) is 0.250. The zero-order chi connectivity index (χ0) is 22.6. The van der Waals surface area contributed by atoms with E-state index in [-0.39, 0.29) is 4.90 Å². The van der Waals surface area contributed by atoms with Crippen LogP contribution in [0.4, 0.5) is 22.7 Å². The van der Waals surface area contributed by atoms with Crippen LogP contribution in [-0.2, 0) is 10.0 Å². The molecule has 0 amide bonds. The summed E-state index contributed by atoms with van der Waals surface area (Å²) in [6.07, 6.45) is 0. The molecule has 1 saturated heterocycles. The largest absolute Gasteiger partial charge is 0.495 e. The second-order valence-corrected chi connectivity index (χ2v) is 9.48. The van der Waals surface area contributed by atoms with Gasteiger partial charge in [0.25, 0.3) is 10.0 Å². The van der Waals surface area contributed by atoms with Gasteiger partial charge >= 0.3 is 0 Å². The number of anilines is 4. The summed E-state index contributed by atoms with van der Waals surface area (Å²) >= 11 is 0. The zero-order valence-electron chi connectivity index (χ0n) is 18.3. The Morgan fingerprint density at radius 2 is 1.44 bits per heavy atom. The Morgan fingerprint density at radius 1 is 0.812 bits per heavy atom. The Hall–Kier alpha value is -3.23. The molecule has 1 heterocycles. The molecule has 168 valence electrons. The molecule has 0 atom stereocenters. The first-order valence-corrected chi connectivity index (χ1v) is 12.0.